The van der Waals surface area contributed by atoms with Crippen molar-refractivity contribution in [3.63, 3.8) is 0 Å². The van der Waals surface area contributed by atoms with Crippen molar-refractivity contribution < 1.29 is 22.6 Å². The van der Waals surface area contributed by atoms with Crippen LogP contribution in [-0.2, 0) is 12.6 Å². The molecular weight excluding hydrogens is 373 g/mol. The fourth-order valence-electron chi connectivity index (χ4n) is 2.77. The van der Waals surface area contributed by atoms with Crippen LogP contribution in [0.2, 0.25) is 0 Å². The third kappa shape index (κ3) is 4.63. The molecule has 0 spiro atoms. The van der Waals surface area contributed by atoms with Gasteiger partial charge in [0, 0.05) is 6.04 Å². The van der Waals surface area contributed by atoms with Gasteiger partial charge in [-0.15, -0.1) is 0 Å². The third-order valence-corrected chi connectivity index (χ3v) is 4.39. The van der Waals surface area contributed by atoms with Crippen molar-refractivity contribution in [1.82, 2.24) is 15.0 Å². The topological polar surface area (TPSA) is 69.2 Å². The van der Waals surface area contributed by atoms with Gasteiger partial charge in [-0.25, -0.2) is 15.0 Å². The van der Waals surface area contributed by atoms with Gasteiger partial charge in [0.2, 0.25) is 5.88 Å². The van der Waals surface area contributed by atoms with E-state index in [-0.39, 0.29) is 17.8 Å². The second kappa shape index (κ2) is 9.07. The van der Waals surface area contributed by atoms with Crippen LogP contribution >= 0.6 is 0 Å². The van der Waals surface area contributed by atoms with E-state index in [1.54, 1.807) is 0 Å². The summed E-state index contributed by atoms with van der Waals surface area (Å²) in [5.41, 5.74) is 0.284. The van der Waals surface area contributed by atoms with Crippen LogP contribution in [0.4, 0.5) is 19.0 Å². The lowest BCUT2D eigenvalue weighted by Crippen LogP contribution is -2.19. The first-order chi connectivity index (χ1) is 13.3. The Balaban J connectivity index is 2.59. The van der Waals surface area contributed by atoms with Crippen molar-refractivity contribution in [3.8, 4) is 23.0 Å². The zero-order chi connectivity index (χ0) is 20.9. The van der Waals surface area contributed by atoms with Gasteiger partial charge in [0.05, 0.1) is 25.5 Å². The van der Waals surface area contributed by atoms with Crippen molar-refractivity contribution in [3.05, 3.63) is 23.5 Å². The molecule has 0 saturated heterocycles. The van der Waals surface area contributed by atoms with Crippen LogP contribution in [0.15, 0.2) is 12.1 Å². The van der Waals surface area contributed by atoms with Gasteiger partial charge in [-0.1, -0.05) is 20.8 Å². The quantitative estimate of drug-likeness (QED) is 0.693. The first-order valence-electron chi connectivity index (χ1n) is 9.12. The minimum Gasteiger partial charge on any atom is -0.480 e. The van der Waals surface area contributed by atoms with Crippen LogP contribution in [0, 0.1) is 0 Å². The molecule has 0 amide bonds. The summed E-state index contributed by atoms with van der Waals surface area (Å²) in [6, 6.07) is 2.41. The third-order valence-electron chi connectivity index (χ3n) is 4.39. The number of aryl methyl sites for hydroxylation is 1. The van der Waals surface area contributed by atoms with Crippen LogP contribution in [0.5, 0.6) is 11.8 Å². The second-order valence-electron chi connectivity index (χ2n) is 6.14. The van der Waals surface area contributed by atoms with Gasteiger partial charge < -0.3 is 14.8 Å². The fraction of sp³-hybridized carbons (Fsp3) is 0.526. The molecule has 9 heteroatoms. The maximum absolute atomic E-state index is 13.0. The highest BCUT2D eigenvalue weighted by atomic mass is 19.4. The van der Waals surface area contributed by atoms with E-state index in [1.807, 2.05) is 6.92 Å². The molecule has 0 saturated carbocycles. The summed E-state index contributed by atoms with van der Waals surface area (Å²) in [5.74, 6) is 0.610. The summed E-state index contributed by atoms with van der Waals surface area (Å²) in [7, 11) is 2.74. The molecular formula is C19H25F3N4O2. The van der Waals surface area contributed by atoms with E-state index in [0.29, 0.717) is 29.2 Å². The predicted molar refractivity (Wildman–Crippen MR) is 101 cm³/mol. The van der Waals surface area contributed by atoms with E-state index in [1.165, 1.54) is 20.3 Å². The van der Waals surface area contributed by atoms with Crippen LogP contribution in [0.3, 0.4) is 0 Å². The standard InChI is InChI=1S/C19H25F3N4O2/c1-6-11(7-2)23-16-18(28-5)26-15(13(8-3)24-16)12-9-10-14(19(20,21)22)25-17(12)27-4/h9-11H,6-8H2,1-5H3,(H,23,24). The number of nitrogens with zero attached hydrogens (tertiary/aromatic N) is 3. The molecule has 154 valence electrons. The lowest BCUT2D eigenvalue weighted by Gasteiger charge is -2.19. The van der Waals surface area contributed by atoms with Crippen LogP contribution < -0.4 is 14.8 Å². The summed E-state index contributed by atoms with van der Waals surface area (Å²) in [6.07, 6.45) is -2.23. The summed E-state index contributed by atoms with van der Waals surface area (Å²) < 4.78 is 49.4. The summed E-state index contributed by atoms with van der Waals surface area (Å²) in [4.78, 5) is 12.7. The number of pyridine rings is 1. The Bertz CT molecular complexity index is 808. The molecule has 0 atom stereocenters. The minimum atomic E-state index is -4.56. The Hall–Kier alpha value is -2.58. The lowest BCUT2D eigenvalue weighted by molar-refractivity contribution is -0.141. The molecule has 28 heavy (non-hydrogen) atoms. The number of ether oxygens (including phenoxy) is 2. The van der Waals surface area contributed by atoms with E-state index in [9.17, 15) is 13.2 Å². The largest absolute Gasteiger partial charge is 0.480 e. The number of methoxy groups -OCH3 is 2. The summed E-state index contributed by atoms with van der Waals surface area (Å²) in [6.45, 7) is 6.02. The van der Waals surface area contributed by atoms with E-state index < -0.39 is 11.9 Å². The summed E-state index contributed by atoms with van der Waals surface area (Å²) >= 11 is 0. The van der Waals surface area contributed by atoms with Crippen molar-refractivity contribution in [2.45, 2.75) is 52.3 Å². The maximum atomic E-state index is 13.0. The molecule has 0 unspecified atom stereocenters. The Morgan fingerprint density at radius 3 is 2.11 bits per heavy atom. The molecule has 2 aromatic heterocycles. The normalized spacial score (nSPS) is 11.6. The fourth-order valence-corrected chi connectivity index (χ4v) is 2.77. The Morgan fingerprint density at radius 1 is 0.964 bits per heavy atom. The molecule has 6 nitrogen and oxygen atoms in total. The molecule has 0 radical (unpaired) electrons. The monoisotopic (exact) mass is 398 g/mol. The van der Waals surface area contributed by atoms with Gasteiger partial charge in [0.25, 0.3) is 5.88 Å². The van der Waals surface area contributed by atoms with Crippen molar-refractivity contribution in [2.75, 3.05) is 19.5 Å². The average Bonchev–Trinajstić information content (AvgIpc) is 2.70. The van der Waals surface area contributed by atoms with E-state index in [2.05, 4.69) is 34.1 Å². The number of anilines is 1. The van der Waals surface area contributed by atoms with Crippen molar-refractivity contribution in [1.29, 1.82) is 0 Å². The highest BCUT2D eigenvalue weighted by molar-refractivity contribution is 5.69. The number of alkyl halides is 3. The molecule has 0 aromatic carbocycles. The van der Waals surface area contributed by atoms with Gasteiger partial charge in [-0.05, 0) is 31.4 Å². The molecule has 2 rings (SSSR count). The van der Waals surface area contributed by atoms with Gasteiger partial charge in [0.1, 0.15) is 11.4 Å². The molecule has 0 aliphatic carbocycles. The highest BCUT2D eigenvalue weighted by Crippen LogP contribution is 2.36. The number of aromatic nitrogens is 3. The molecule has 2 aromatic rings. The average molecular weight is 398 g/mol. The Labute approximate surface area is 162 Å². The minimum absolute atomic E-state index is 0.165. The van der Waals surface area contributed by atoms with Crippen LogP contribution in [0.25, 0.3) is 11.3 Å². The van der Waals surface area contributed by atoms with Crippen molar-refractivity contribution >= 4 is 5.82 Å². The Kier molecular flexibility index (Phi) is 7.04. The molecule has 0 fully saturated rings. The number of hydrogen-bond acceptors (Lipinski definition) is 6. The van der Waals surface area contributed by atoms with E-state index in [4.69, 9.17) is 9.47 Å². The first kappa shape index (κ1) is 21.7. The number of halogens is 3. The zero-order valence-electron chi connectivity index (χ0n) is 16.6. The van der Waals surface area contributed by atoms with Crippen LogP contribution in [-0.4, -0.2) is 35.2 Å². The van der Waals surface area contributed by atoms with Crippen molar-refractivity contribution in [2.24, 2.45) is 0 Å². The second-order valence-corrected chi connectivity index (χ2v) is 6.14. The first-order valence-corrected chi connectivity index (χ1v) is 9.12. The molecule has 0 aliphatic heterocycles. The summed E-state index contributed by atoms with van der Waals surface area (Å²) in [5, 5.41) is 3.31. The predicted octanol–water partition coefficient (Wildman–Crippen LogP) is 4.74. The molecule has 0 aliphatic rings. The van der Waals surface area contributed by atoms with Gasteiger partial charge >= 0.3 is 6.18 Å². The molecule has 2 heterocycles. The molecule has 0 bridgehead atoms. The number of rotatable bonds is 8. The van der Waals surface area contributed by atoms with E-state index >= 15 is 0 Å². The smallest absolute Gasteiger partial charge is 0.433 e. The number of hydrogen-bond donors (Lipinski definition) is 1. The zero-order valence-corrected chi connectivity index (χ0v) is 16.6. The number of nitrogens with one attached hydrogen (secondary N) is 1. The van der Waals surface area contributed by atoms with Gasteiger partial charge in [-0.3, -0.25) is 0 Å². The van der Waals surface area contributed by atoms with Gasteiger partial charge in [-0.2, -0.15) is 13.2 Å². The highest BCUT2D eigenvalue weighted by Gasteiger charge is 2.34. The van der Waals surface area contributed by atoms with Crippen LogP contribution in [0.1, 0.15) is 45.0 Å². The van der Waals surface area contributed by atoms with E-state index in [0.717, 1.165) is 18.9 Å². The van der Waals surface area contributed by atoms with Gasteiger partial charge in [0.15, 0.2) is 5.82 Å². The lowest BCUT2D eigenvalue weighted by atomic mass is 10.1. The maximum Gasteiger partial charge on any atom is 0.433 e. The Morgan fingerprint density at radius 2 is 1.61 bits per heavy atom. The SMILES string of the molecule is CCc1nc(NC(CC)CC)c(OC)nc1-c1ccc(C(F)(F)F)nc1OC. The molecule has 1 N–H and O–H groups in total.